The van der Waals surface area contributed by atoms with E-state index < -0.39 is 35.3 Å². The number of alkyl halides is 3. The van der Waals surface area contributed by atoms with Gasteiger partial charge < -0.3 is 20.1 Å². The first-order valence-electron chi connectivity index (χ1n) is 11.5. The average molecular weight is 499 g/mol. The topological polar surface area (TPSA) is 76.7 Å². The molecule has 1 heterocycles. The highest BCUT2D eigenvalue weighted by Gasteiger charge is 2.35. The fraction of sp³-hybridized carbons (Fsp3) is 0.259. The predicted octanol–water partition coefficient (Wildman–Crippen LogP) is 5.90. The first-order chi connectivity index (χ1) is 17.3. The molecule has 0 saturated carbocycles. The lowest BCUT2D eigenvalue weighted by atomic mass is 10.1. The summed E-state index contributed by atoms with van der Waals surface area (Å²) in [6.45, 7) is 0.422. The van der Waals surface area contributed by atoms with Crippen LogP contribution in [0, 0.1) is 0 Å². The number of hydrogen-bond donors (Lipinski definition) is 2. The van der Waals surface area contributed by atoms with Crippen molar-refractivity contribution in [3.05, 3.63) is 78.4 Å². The van der Waals surface area contributed by atoms with Gasteiger partial charge in [0, 0.05) is 17.9 Å². The molecule has 1 fully saturated rings. The highest BCUT2D eigenvalue weighted by atomic mass is 19.4. The minimum atomic E-state index is -4.74. The van der Waals surface area contributed by atoms with Crippen LogP contribution in [0.3, 0.4) is 0 Å². The van der Waals surface area contributed by atoms with E-state index in [1.165, 1.54) is 6.07 Å². The van der Waals surface area contributed by atoms with Gasteiger partial charge in [-0.3, -0.25) is 9.59 Å². The summed E-state index contributed by atoms with van der Waals surface area (Å²) in [6.07, 6.45) is -4.33. The number of amides is 2. The van der Waals surface area contributed by atoms with E-state index in [0.29, 0.717) is 18.8 Å². The van der Waals surface area contributed by atoms with E-state index in [2.05, 4.69) is 10.6 Å². The number of hydrogen-bond acceptors (Lipinski definition) is 4. The minimum Gasteiger partial charge on any atom is -0.492 e. The Morgan fingerprint density at radius 1 is 0.972 bits per heavy atom. The van der Waals surface area contributed by atoms with Gasteiger partial charge in [0.2, 0.25) is 5.91 Å². The Labute approximate surface area is 206 Å². The quantitative estimate of drug-likeness (QED) is 0.406. The fourth-order valence-electron chi connectivity index (χ4n) is 3.89. The van der Waals surface area contributed by atoms with Crippen LogP contribution in [-0.2, 0) is 20.5 Å². The summed E-state index contributed by atoms with van der Waals surface area (Å²) in [5, 5.41) is 4.76. The van der Waals surface area contributed by atoms with Crippen molar-refractivity contribution in [2.24, 2.45) is 0 Å². The van der Waals surface area contributed by atoms with Crippen molar-refractivity contribution in [1.29, 1.82) is 0 Å². The van der Waals surface area contributed by atoms with Gasteiger partial charge in [-0.15, -0.1) is 0 Å². The van der Waals surface area contributed by atoms with E-state index >= 15 is 0 Å². The smallest absolute Gasteiger partial charge is 0.418 e. The van der Waals surface area contributed by atoms with E-state index in [1.807, 2.05) is 42.5 Å². The van der Waals surface area contributed by atoms with Crippen molar-refractivity contribution in [3.8, 4) is 16.9 Å². The molecule has 9 heteroatoms. The van der Waals surface area contributed by atoms with Crippen LogP contribution in [0.15, 0.2) is 72.8 Å². The standard InChI is InChI=1S/C27H25F3N2O4/c28-27(29,30)21-17-19(31-26(34)24-11-6-15-35-24)12-13-22(21)32-25(33)14-16-36-23-10-5-4-9-20(23)18-7-2-1-3-8-18/h1-5,7-10,12-13,17,24H,6,11,14-16H2,(H,31,34)(H,32,33). The van der Waals surface area contributed by atoms with E-state index in [9.17, 15) is 22.8 Å². The number of ether oxygens (including phenoxy) is 2. The summed E-state index contributed by atoms with van der Waals surface area (Å²) in [5.41, 5.74) is 0.308. The predicted molar refractivity (Wildman–Crippen MR) is 130 cm³/mol. The molecule has 3 aromatic carbocycles. The maximum atomic E-state index is 13.7. The molecular formula is C27H25F3N2O4. The molecule has 6 nitrogen and oxygen atoms in total. The maximum Gasteiger partial charge on any atom is 0.418 e. The molecule has 0 radical (unpaired) electrons. The van der Waals surface area contributed by atoms with Crippen molar-refractivity contribution in [2.45, 2.75) is 31.5 Å². The van der Waals surface area contributed by atoms with Crippen LogP contribution in [-0.4, -0.2) is 31.1 Å². The zero-order valence-electron chi connectivity index (χ0n) is 19.3. The van der Waals surface area contributed by atoms with Crippen LogP contribution >= 0.6 is 0 Å². The van der Waals surface area contributed by atoms with E-state index in [-0.39, 0.29) is 18.7 Å². The van der Waals surface area contributed by atoms with Crippen LogP contribution < -0.4 is 15.4 Å². The third kappa shape index (κ3) is 6.42. The lowest BCUT2D eigenvalue weighted by molar-refractivity contribution is -0.137. The van der Waals surface area contributed by atoms with E-state index in [1.54, 1.807) is 12.1 Å². The molecule has 4 rings (SSSR count). The van der Waals surface area contributed by atoms with Gasteiger partial charge in [-0.05, 0) is 42.7 Å². The molecule has 1 unspecified atom stereocenters. The van der Waals surface area contributed by atoms with Crippen molar-refractivity contribution in [1.82, 2.24) is 0 Å². The largest absolute Gasteiger partial charge is 0.492 e. The Morgan fingerprint density at radius 3 is 2.44 bits per heavy atom. The Balaban J connectivity index is 1.39. The number of para-hydroxylation sites is 1. The molecule has 1 aliphatic heterocycles. The van der Waals surface area contributed by atoms with Crippen molar-refractivity contribution in [3.63, 3.8) is 0 Å². The number of carbonyl (C=O) groups excluding carboxylic acids is 2. The minimum absolute atomic E-state index is 0.0213. The fourth-order valence-corrected chi connectivity index (χ4v) is 3.89. The summed E-state index contributed by atoms with van der Waals surface area (Å²) in [7, 11) is 0. The van der Waals surface area contributed by atoms with E-state index in [4.69, 9.17) is 9.47 Å². The second kappa shape index (κ2) is 11.3. The number of benzene rings is 3. The number of anilines is 2. The Morgan fingerprint density at radius 2 is 1.72 bits per heavy atom. The molecule has 1 atom stereocenters. The molecule has 0 aromatic heterocycles. The third-order valence-corrected chi connectivity index (χ3v) is 5.65. The molecule has 1 saturated heterocycles. The van der Waals surface area contributed by atoms with Crippen molar-refractivity contribution < 1.29 is 32.2 Å². The Hall–Kier alpha value is -3.85. The van der Waals surface area contributed by atoms with Crippen LogP contribution in [0.4, 0.5) is 24.5 Å². The van der Waals surface area contributed by atoms with Gasteiger partial charge in [0.25, 0.3) is 5.91 Å². The molecular weight excluding hydrogens is 473 g/mol. The summed E-state index contributed by atoms with van der Waals surface area (Å²) < 4.78 is 52.1. The molecule has 0 bridgehead atoms. The molecule has 0 spiro atoms. The summed E-state index contributed by atoms with van der Waals surface area (Å²) in [5.74, 6) is -0.557. The molecule has 3 aromatic rings. The van der Waals surface area contributed by atoms with Crippen molar-refractivity contribution in [2.75, 3.05) is 23.8 Å². The van der Waals surface area contributed by atoms with Gasteiger partial charge in [0.05, 0.1) is 24.3 Å². The normalized spacial score (nSPS) is 15.4. The van der Waals surface area contributed by atoms with Gasteiger partial charge >= 0.3 is 6.18 Å². The lowest BCUT2D eigenvalue weighted by Gasteiger charge is -2.17. The van der Waals surface area contributed by atoms with Gasteiger partial charge in [-0.2, -0.15) is 13.2 Å². The van der Waals surface area contributed by atoms with Gasteiger partial charge in [-0.1, -0.05) is 48.5 Å². The number of rotatable bonds is 8. The van der Waals surface area contributed by atoms with Crippen LogP contribution in [0.1, 0.15) is 24.8 Å². The maximum absolute atomic E-state index is 13.7. The second-order valence-corrected chi connectivity index (χ2v) is 8.26. The number of nitrogens with one attached hydrogen (secondary N) is 2. The van der Waals surface area contributed by atoms with Gasteiger partial charge in [-0.25, -0.2) is 0 Å². The van der Waals surface area contributed by atoms with Crippen LogP contribution in [0.25, 0.3) is 11.1 Å². The second-order valence-electron chi connectivity index (χ2n) is 8.26. The first kappa shape index (κ1) is 25.2. The molecule has 188 valence electrons. The average Bonchev–Trinajstić information content (AvgIpc) is 3.41. The van der Waals surface area contributed by atoms with Crippen LogP contribution in [0.2, 0.25) is 0 Å². The molecule has 0 aliphatic carbocycles. The zero-order valence-corrected chi connectivity index (χ0v) is 19.3. The summed E-state index contributed by atoms with van der Waals surface area (Å²) >= 11 is 0. The summed E-state index contributed by atoms with van der Waals surface area (Å²) in [4.78, 5) is 24.6. The highest BCUT2D eigenvalue weighted by molar-refractivity contribution is 5.96. The Bertz CT molecular complexity index is 1210. The number of halogens is 3. The van der Waals surface area contributed by atoms with E-state index in [0.717, 1.165) is 29.7 Å². The highest BCUT2D eigenvalue weighted by Crippen LogP contribution is 2.37. The molecule has 1 aliphatic rings. The SMILES string of the molecule is O=C(CCOc1ccccc1-c1ccccc1)Nc1ccc(NC(=O)C2CCCO2)cc1C(F)(F)F. The molecule has 36 heavy (non-hydrogen) atoms. The molecule has 2 amide bonds. The van der Waals surface area contributed by atoms with Gasteiger partial charge in [0.15, 0.2) is 0 Å². The van der Waals surface area contributed by atoms with Crippen molar-refractivity contribution >= 4 is 23.2 Å². The third-order valence-electron chi connectivity index (χ3n) is 5.65. The monoisotopic (exact) mass is 498 g/mol. The Kier molecular flexibility index (Phi) is 7.90. The zero-order chi connectivity index (χ0) is 25.5. The first-order valence-corrected chi connectivity index (χ1v) is 11.5. The number of carbonyl (C=O) groups is 2. The lowest BCUT2D eigenvalue weighted by Crippen LogP contribution is -2.27. The summed E-state index contributed by atoms with van der Waals surface area (Å²) in [6, 6.07) is 20.1. The van der Waals surface area contributed by atoms with Gasteiger partial charge in [0.1, 0.15) is 11.9 Å². The molecule has 2 N–H and O–H groups in total. The van der Waals surface area contributed by atoms with Crippen LogP contribution in [0.5, 0.6) is 5.75 Å².